The Morgan fingerprint density at radius 2 is 1.79 bits per heavy atom. The topological polar surface area (TPSA) is 83.6 Å². The number of sulfonamides is 1. The molecule has 1 saturated heterocycles. The molecule has 24 heavy (non-hydrogen) atoms. The van der Waals surface area contributed by atoms with Gasteiger partial charge in [0.25, 0.3) is 0 Å². The van der Waals surface area contributed by atoms with E-state index in [1.165, 1.54) is 9.87 Å². The van der Waals surface area contributed by atoms with Gasteiger partial charge in [0.2, 0.25) is 10.0 Å². The third kappa shape index (κ3) is 6.07. The summed E-state index contributed by atoms with van der Waals surface area (Å²) in [7, 11) is -6.48. The molecule has 0 amide bonds. The van der Waals surface area contributed by atoms with Crippen LogP contribution in [0.4, 0.5) is 5.69 Å². The Labute approximate surface area is 145 Å². The van der Waals surface area contributed by atoms with Gasteiger partial charge in [-0.2, -0.15) is 0 Å². The maximum Gasteiger partial charge on any atom is 0.214 e. The number of piperidine rings is 1. The predicted octanol–water partition coefficient (Wildman–Crippen LogP) is 1.64. The molecule has 0 saturated carbocycles. The molecule has 8 heteroatoms. The number of nitrogens with one attached hydrogen (secondary N) is 1. The maximum atomic E-state index is 12.3. The van der Waals surface area contributed by atoms with Crippen LogP contribution in [0.2, 0.25) is 0 Å². The second kappa shape index (κ2) is 7.84. The number of hydrogen-bond donors (Lipinski definition) is 1. The summed E-state index contributed by atoms with van der Waals surface area (Å²) in [4.78, 5) is 0. The number of nitrogens with zero attached hydrogens (tertiary/aromatic N) is 1. The first-order chi connectivity index (χ1) is 11.2. The van der Waals surface area contributed by atoms with Gasteiger partial charge in [-0.15, -0.1) is 0 Å². The Kier molecular flexibility index (Phi) is 6.28. The maximum absolute atomic E-state index is 12.3. The summed E-state index contributed by atoms with van der Waals surface area (Å²) in [6.07, 6.45) is 2.78. The molecule has 1 heterocycles. The minimum absolute atomic E-state index is 0.0857. The molecule has 0 spiro atoms. The Bertz CT molecular complexity index is 752. The molecule has 136 valence electrons. The number of hydrogen-bond acceptors (Lipinski definition) is 5. The largest absolute Gasteiger partial charge is 0.382 e. The van der Waals surface area contributed by atoms with E-state index in [1.54, 1.807) is 0 Å². The summed E-state index contributed by atoms with van der Waals surface area (Å²) in [5.41, 5.74) is 2.25. The predicted molar refractivity (Wildman–Crippen MR) is 97.5 cm³/mol. The van der Waals surface area contributed by atoms with Gasteiger partial charge in [-0.3, -0.25) is 0 Å². The lowest BCUT2D eigenvalue weighted by Crippen LogP contribution is -2.43. The third-order valence-electron chi connectivity index (χ3n) is 4.15. The first kappa shape index (κ1) is 19.2. The number of anilines is 1. The summed E-state index contributed by atoms with van der Waals surface area (Å²) in [6, 6.07) is 8.39. The zero-order chi connectivity index (χ0) is 17.8. The van der Waals surface area contributed by atoms with E-state index in [1.807, 2.05) is 25.1 Å². The molecule has 1 fully saturated rings. The van der Waals surface area contributed by atoms with Crippen molar-refractivity contribution in [3.05, 3.63) is 29.8 Å². The van der Waals surface area contributed by atoms with Crippen LogP contribution in [-0.4, -0.2) is 58.0 Å². The van der Waals surface area contributed by atoms with Gasteiger partial charge in [-0.25, -0.2) is 21.1 Å². The molecule has 1 aliphatic heterocycles. The molecule has 0 bridgehead atoms. The van der Waals surface area contributed by atoms with Crippen molar-refractivity contribution < 1.29 is 16.8 Å². The van der Waals surface area contributed by atoms with Crippen molar-refractivity contribution in [1.29, 1.82) is 0 Å². The van der Waals surface area contributed by atoms with Crippen LogP contribution in [0.3, 0.4) is 0 Å². The van der Waals surface area contributed by atoms with Gasteiger partial charge in [0, 0.05) is 31.1 Å². The molecular formula is C16H26N2O4S2. The highest BCUT2D eigenvalue weighted by Crippen LogP contribution is 2.20. The third-order valence-corrected chi connectivity index (χ3v) is 7.14. The highest BCUT2D eigenvalue weighted by atomic mass is 32.2. The average molecular weight is 375 g/mol. The molecule has 1 aliphatic rings. The first-order valence-corrected chi connectivity index (χ1v) is 11.8. The summed E-state index contributed by atoms with van der Waals surface area (Å²) in [5.74, 6) is -0.187. The lowest BCUT2D eigenvalue weighted by molar-refractivity contribution is 0.329. The van der Waals surface area contributed by atoms with Crippen LogP contribution in [0.5, 0.6) is 0 Å². The van der Waals surface area contributed by atoms with E-state index in [0.29, 0.717) is 13.1 Å². The Morgan fingerprint density at radius 3 is 2.38 bits per heavy atom. The van der Waals surface area contributed by atoms with Crippen LogP contribution >= 0.6 is 0 Å². The van der Waals surface area contributed by atoms with E-state index in [9.17, 15) is 16.8 Å². The van der Waals surface area contributed by atoms with Gasteiger partial charge in [0.05, 0.1) is 11.5 Å². The molecule has 1 N–H and O–H groups in total. The molecule has 6 nitrogen and oxygen atoms in total. The molecule has 0 unspecified atom stereocenters. The standard InChI is InChI=1S/C16H26N2O4S2/c1-14-5-3-6-16(13-14)17-15-7-9-18(10-8-15)24(21,22)12-4-11-23(2,19)20/h3,5-6,13,15,17H,4,7-12H2,1-2H3. The summed E-state index contributed by atoms with van der Waals surface area (Å²) in [6.45, 7) is 2.99. The van der Waals surface area contributed by atoms with Gasteiger partial charge < -0.3 is 5.32 Å². The monoisotopic (exact) mass is 374 g/mol. The molecule has 2 rings (SSSR count). The smallest absolute Gasteiger partial charge is 0.214 e. The highest BCUT2D eigenvalue weighted by molar-refractivity contribution is 7.91. The van der Waals surface area contributed by atoms with Crippen molar-refractivity contribution in [2.75, 3.05) is 36.2 Å². The van der Waals surface area contributed by atoms with Crippen molar-refractivity contribution in [1.82, 2.24) is 4.31 Å². The van der Waals surface area contributed by atoms with Crippen LogP contribution in [-0.2, 0) is 19.9 Å². The van der Waals surface area contributed by atoms with E-state index >= 15 is 0 Å². The first-order valence-electron chi connectivity index (χ1n) is 8.14. The molecule has 1 aromatic carbocycles. The SMILES string of the molecule is Cc1cccc(NC2CCN(S(=O)(=O)CCCS(C)(=O)=O)CC2)c1. The number of aryl methyl sites for hydroxylation is 1. The molecule has 1 aromatic rings. The van der Waals surface area contributed by atoms with Crippen LogP contribution in [0.25, 0.3) is 0 Å². The normalized spacial score (nSPS) is 17.8. The average Bonchev–Trinajstić information content (AvgIpc) is 2.46. The highest BCUT2D eigenvalue weighted by Gasteiger charge is 2.27. The van der Waals surface area contributed by atoms with E-state index in [2.05, 4.69) is 11.4 Å². The molecule has 0 radical (unpaired) electrons. The van der Waals surface area contributed by atoms with Crippen LogP contribution < -0.4 is 5.32 Å². The van der Waals surface area contributed by atoms with Crippen LogP contribution in [0, 0.1) is 6.92 Å². The second-order valence-corrected chi connectivity index (χ2v) is 10.8. The van der Waals surface area contributed by atoms with Crippen molar-refractivity contribution in [3.63, 3.8) is 0 Å². The van der Waals surface area contributed by atoms with Crippen molar-refractivity contribution >= 4 is 25.5 Å². The Hall–Kier alpha value is -1.12. The van der Waals surface area contributed by atoms with Gasteiger partial charge in [-0.05, 0) is 43.9 Å². The molecule has 0 aromatic heterocycles. The molecular weight excluding hydrogens is 348 g/mol. The quantitative estimate of drug-likeness (QED) is 0.784. The van der Waals surface area contributed by atoms with E-state index in [4.69, 9.17) is 0 Å². The van der Waals surface area contributed by atoms with Crippen molar-refractivity contribution in [2.24, 2.45) is 0 Å². The van der Waals surface area contributed by atoms with Crippen LogP contribution in [0.1, 0.15) is 24.8 Å². The number of rotatable bonds is 7. The minimum Gasteiger partial charge on any atom is -0.382 e. The zero-order valence-electron chi connectivity index (χ0n) is 14.2. The fraction of sp³-hybridized carbons (Fsp3) is 0.625. The van der Waals surface area contributed by atoms with Crippen LogP contribution in [0.15, 0.2) is 24.3 Å². The summed E-state index contributed by atoms with van der Waals surface area (Å²) >= 11 is 0. The van der Waals surface area contributed by atoms with Gasteiger partial charge in [-0.1, -0.05) is 12.1 Å². The van der Waals surface area contributed by atoms with Crippen molar-refractivity contribution in [3.8, 4) is 0 Å². The lowest BCUT2D eigenvalue weighted by Gasteiger charge is -2.32. The lowest BCUT2D eigenvalue weighted by atomic mass is 10.1. The summed E-state index contributed by atoms with van der Waals surface area (Å²) in [5, 5.41) is 3.46. The Balaban J connectivity index is 1.83. The van der Waals surface area contributed by atoms with Crippen molar-refractivity contribution in [2.45, 2.75) is 32.2 Å². The second-order valence-electron chi connectivity index (χ2n) is 6.49. The summed E-state index contributed by atoms with van der Waals surface area (Å²) < 4.78 is 48.3. The van der Waals surface area contributed by atoms with E-state index in [-0.39, 0.29) is 24.0 Å². The number of benzene rings is 1. The fourth-order valence-corrected chi connectivity index (χ4v) is 5.27. The number of sulfone groups is 1. The fourth-order valence-electron chi connectivity index (χ4n) is 2.88. The zero-order valence-corrected chi connectivity index (χ0v) is 15.9. The van der Waals surface area contributed by atoms with Gasteiger partial charge in [0.1, 0.15) is 9.84 Å². The molecule has 0 atom stereocenters. The minimum atomic E-state index is -3.37. The van der Waals surface area contributed by atoms with Gasteiger partial charge >= 0.3 is 0 Å². The van der Waals surface area contributed by atoms with E-state index < -0.39 is 19.9 Å². The van der Waals surface area contributed by atoms with E-state index in [0.717, 1.165) is 24.8 Å². The molecule has 0 aliphatic carbocycles. The Morgan fingerprint density at radius 1 is 1.12 bits per heavy atom. The van der Waals surface area contributed by atoms with Gasteiger partial charge in [0.15, 0.2) is 0 Å².